The van der Waals surface area contributed by atoms with Gasteiger partial charge >= 0.3 is 0 Å². The van der Waals surface area contributed by atoms with E-state index < -0.39 is 6.04 Å². The zero-order chi connectivity index (χ0) is 17.8. The third kappa shape index (κ3) is 4.81. The van der Waals surface area contributed by atoms with Gasteiger partial charge in [0.15, 0.2) is 0 Å². The van der Waals surface area contributed by atoms with E-state index in [0.717, 1.165) is 37.5 Å². The van der Waals surface area contributed by atoms with Gasteiger partial charge in [-0.15, -0.1) is 0 Å². The monoisotopic (exact) mass is 344 g/mol. The minimum absolute atomic E-state index is 0.0541. The summed E-state index contributed by atoms with van der Waals surface area (Å²) in [5, 5.41) is 3.16. The van der Waals surface area contributed by atoms with E-state index in [2.05, 4.69) is 22.2 Å². The van der Waals surface area contributed by atoms with Crippen molar-refractivity contribution in [2.24, 2.45) is 5.73 Å². The molecule has 2 aliphatic rings. The number of likely N-dealkylation sites (tertiary alicyclic amines) is 2. The Morgan fingerprint density at radius 3 is 2.28 bits per heavy atom. The van der Waals surface area contributed by atoms with Gasteiger partial charge in [-0.05, 0) is 58.3 Å². The quantitative estimate of drug-likeness (QED) is 0.872. The molecule has 2 heterocycles. The minimum atomic E-state index is -0.576. The van der Waals surface area contributed by atoms with Crippen LogP contribution in [0.4, 0.5) is 0 Å². The van der Waals surface area contributed by atoms with E-state index in [1.165, 1.54) is 31.5 Å². The third-order valence-corrected chi connectivity index (χ3v) is 5.80. The lowest BCUT2D eigenvalue weighted by Crippen LogP contribution is -2.51. The number of carbonyl (C=O) groups excluding carboxylic acids is 1. The highest BCUT2D eigenvalue weighted by Gasteiger charge is 2.28. The summed E-state index contributed by atoms with van der Waals surface area (Å²) in [6.45, 7) is 6.60. The number of nitrogens with one attached hydrogen (secondary N) is 1. The lowest BCUT2D eigenvalue weighted by atomic mass is 9.97. The minimum Gasteiger partial charge on any atom is -0.352 e. The highest BCUT2D eigenvalue weighted by atomic mass is 16.2. The number of amides is 1. The largest absolute Gasteiger partial charge is 0.352 e. The van der Waals surface area contributed by atoms with Crippen molar-refractivity contribution in [3.8, 4) is 0 Å². The standard InChI is InChI=1S/C20H32N4O/c1-15-3-5-16(6-4-15)19(21)20(25)22-17-7-13-24(14-8-17)18-9-11-23(2)12-10-18/h3-6,17-19H,7-14,21H2,1-2H3,(H,22,25). The fraction of sp³-hybridized carbons (Fsp3) is 0.650. The summed E-state index contributed by atoms with van der Waals surface area (Å²) in [7, 11) is 2.20. The van der Waals surface area contributed by atoms with Crippen molar-refractivity contribution < 1.29 is 4.79 Å². The van der Waals surface area contributed by atoms with Gasteiger partial charge in [-0.3, -0.25) is 4.79 Å². The Morgan fingerprint density at radius 1 is 1.08 bits per heavy atom. The second-order valence-corrected chi connectivity index (χ2v) is 7.74. The van der Waals surface area contributed by atoms with Gasteiger partial charge in [0.25, 0.3) is 0 Å². The van der Waals surface area contributed by atoms with Gasteiger partial charge in [0.1, 0.15) is 6.04 Å². The number of hydrogen-bond acceptors (Lipinski definition) is 4. The SMILES string of the molecule is Cc1ccc(C(N)C(=O)NC2CCN(C3CCN(C)CC3)CC2)cc1. The molecule has 2 fully saturated rings. The van der Waals surface area contributed by atoms with Gasteiger partial charge < -0.3 is 20.9 Å². The molecule has 1 unspecified atom stereocenters. The zero-order valence-electron chi connectivity index (χ0n) is 15.6. The van der Waals surface area contributed by atoms with Crippen LogP contribution in [0.2, 0.25) is 0 Å². The first-order valence-electron chi connectivity index (χ1n) is 9.58. The lowest BCUT2D eigenvalue weighted by Gasteiger charge is -2.41. The van der Waals surface area contributed by atoms with Crippen LogP contribution in [-0.4, -0.2) is 61.0 Å². The van der Waals surface area contributed by atoms with Crippen LogP contribution in [0.25, 0.3) is 0 Å². The number of carbonyl (C=O) groups is 1. The van der Waals surface area contributed by atoms with E-state index in [-0.39, 0.29) is 11.9 Å². The number of rotatable bonds is 4. The molecule has 0 radical (unpaired) electrons. The zero-order valence-corrected chi connectivity index (χ0v) is 15.6. The van der Waals surface area contributed by atoms with Gasteiger partial charge in [-0.25, -0.2) is 0 Å². The maximum Gasteiger partial charge on any atom is 0.241 e. The Kier molecular flexibility index (Phi) is 6.10. The van der Waals surface area contributed by atoms with Crippen LogP contribution in [0.1, 0.15) is 42.9 Å². The fourth-order valence-corrected chi connectivity index (χ4v) is 3.99. The smallest absolute Gasteiger partial charge is 0.241 e. The Hall–Kier alpha value is -1.43. The topological polar surface area (TPSA) is 61.6 Å². The molecular weight excluding hydrogens is 312 g/mol. The van der Waals surface area contributed by atoms with Crippen LogP contribution < -0.4 is 11.1 Å². The summed E-state index contributed by atoms with van der Waals surface area (Å²) in [6, 6.07) is 8.30. The van der Waals surface area contributed by atoms with Crippen LogP contribution in [0.5, 0.6) is 0 Å². The van der Waals surface area contributed by atoms with E-state index in [1.54, 1.807) is 0 Å². The van der Waals surface area contributed by atoms with Crippen molar-refractivity contribution in [1.82, 2.24) is 15.1 Å². The van der Waals surface area contributed by atoms with Crippen LogP contribution in [-0.2, 0) is 4.79 Å². The van der Waals surface area contributed by atoms with Crippen LogP contribution in [0.15, 0.2) is 24.3 Å². The first-order valence-corrected chi connectivity index (χ1v) is 9.58. The summed E-state index contributed by atoms with van der Waals surface area (Å²) in [6.07, 6.45) is 4.59. The molecule has 1 aromatic rings. The van der Waals surface area contributed by atoms with Crippen LogP contribution in [0.3, 0.4) is 0 Å². The van der Waals surface area contributed by atoms with Crippen molar-refractivity contribution in [2.75, 3.05) is 33.2 Å². The van der Waals surface area contributed by atoms with Crippen LogP contribution in [0, 0.1) is 6.92 Å². The number of piperidine rings is 2. The van der Waals surface area contributed by atoms with Crippen molar-refractivity contribution in [3.63, 3.8) is 0 Å². The molecular formula is C20H32N4O. The van der Waals surface area contributed by atoms with Crippen molar-refractivity contribution >= 4 is 5.91 Å². The number of benzene rings is 1. The first-order chi connectivity index (χ1) is 12.0. The van der Waals surface area contributed by atoms with Crippen LogP contribution >= 0.6 is 0 Å². The average Bonchev–Trinajstić information content (AvgIpc) is 2.63. The molecule has 25 heavy (non-hydrogen) atoms. The molecule has 0 saturated carbocycles. The Bertz CT molecular complexity index is 558. The first kappa shape index (κ1) is 18.4. The van der Waals surface area contributed by atoms with E-state index >= 15 is 0 Å². The number of nitrogens with two attached hydrogens (primary N) is 1. The van der Waals surface area contributed by atoms with Crippen molar-refractivity contribution in [1.29, 1.82) is 0 Å². The molecule has 5 heteroatoms. The van der Waals surface area contributed by atoms with E-state index in [4.69, 9.17) is 5.73 Å². The maximum absolute atomic E-state index is 12.5. The molecule has 1 amide bonds. The van der Waals surface area contributed by atoms with Gasteiger partial charge in [-0.1, -0.05) is 29.8 Å². The predicted molar refractivity (Wildman–Crippen MR) is 101 cm³/mol. The molecule has 1 aromatic carbocycles. The van der Waals surface area contributed by atoms with Crippen molar-refractivity contribution in [2.45, 2.75) is 50.7 Å². The van der Waals surface area contributed by atoms with E-state index in [0.29, 0.717) is 0 Å². The lowest BCUT2D eigenvalue weighted by molar-refractivity contribution is -0.123. The molecule has 1 atom stereocenters. The molecule has 0 spiro atoms. The maximum atomic E-state index is 12.5. The highest BCUT2D eigenvalue weighted by Crippen LogP contribution is 2.21. The van der Waals surface area contributed by atoms with Gasteiger partial charge in [0.05, 0.1) is 0 Å². The summed E-state index contributed by atoms with van der Waals surface area (Å²) < 4.78 is 0. The molecule has 0 bridgehead atoms. The number of aryl methyl sites for hydroxylation is 1. The average molecular weight is 345 g/mol. The molecule has 0 aliphatic carbocycles. The molecule has 5 nitrogen and oxygen atoms in total. The Morgan fingerprint density at radius 2 is 1.68 bits per heavy atom. The summed E-state index contributed by atoms with van der Waals surface area (Å²) in [5.41, 5.74) is 8.20. The summed E-state index contributed by atoms with van der Waals surface area (Å²) in [5.74, 6) is -0.0541. The molecule has 138 valence electrons. The highest BCUT2D eigenvalue weighted by molar-refractivity contribution is 5.83. The molecule has 3 N–H and O–H groups in total. The molecule has 2 saturated heterocycles. The van der Waals surface area contributed by atoms with E-state index in [9.17, 15) is 4.79 Å². The molecule has 2 aliphatic heterocycles. The fourth-order valence-electron chi connectivity index (χ4n) is 3.99. The third-order valence-electron chi connectivity index (χ3n) is 5.80. The van der Waals surface area contributed by atoms with E-state index in [1.807, 2.05) is 31.2 Å². The predicted octanol–water partition coefficient (Wildman–Crippen LogP) is 1.67. The number of hydrogen-bond donors (Lipinski definition) is 2. The Labute approximate surface area is 151 Å². The molecule has 3 rings (SSSR count). The Balaban J connectivity index is 1.45. The van der Waals surface area contributed by atoms with Gasteiger partial charge in [-0.2, -0.15) is 0 Å². The second kappa shape index (κ2) is 8.30. The van der Waals surface area contributed by atoms with Gasteiger partial charge in [0, 0.05) is 25.2 Å². The summed E-state index contributed by atoms with van der Waals surface area (Å²) in [4.78, 5) is 17.5. The second-order valence-electron chi connectivity index (χ2n) is 7.74. The summed E-state index contributed by atoms with van der Waals surface area (Å²) >= 11 is 0. The normalized spacial score (nSPS) is 22.7. The van der Waals surface area contributed by atoms with Gasteiger partial charge in [0.2, 0.25) is 5.91 Å². The molecule has 0 aromatic heterocycles. The van der Waals surface area contributed by atoms with Crippen molar-refractivity contribution in [3.05, 3.63) is 35.4 Å². The number of nitrogens with zero attached hydrogens (tertiary/aromatic N) is 2.